The third kappa shape index (κ3) is 1.99. The second kappa shape index (κ2) is 5.21. The molecule has 94 valence electrons. The van der Waals surface area contributed by atoms with Gasteiger partial charge in [0.2, 0.25) is 0 Å². The summed E-state index contributed by atoms with van der Waals surface area (Å²) < 4.78 is 5.02. The summed E-state index contributed by atoms with van der Waals surface area (Å²) >= 11 is 0. The number of methoxy groups -OCH3 is 1. The predicted octanol–water partition coefficient (Wildman–Crippen LogP) is 3.60. The van der Waals surface area contributed by atoms with Crippen LogP contribution in [0.5, 0.6) is 0 Å². The molecule has 1 aromatic carbocycles. The van der Waals surface area contributed by atoms with E-state index in [0.29, 0.717) is 6.42 Å². The molecule has 0 amide bonds. The molecule has 1 aromatic rings. The number of esters is 1. The highest BCUT2D eigenvalue weighted by Crippen LogP contribution is 2.44. The molecule has 2 rings (SSSR count). The first-order valence-electron chi connectivity index (χ1n) is 6.25. The number of hydrogen-bond donors (Lipinski definition) is 0. The first-order chi connectivity index (χ1) is 8.74. The smallest absolute Gasteiger partial charge is 0.316 e. The van der Waals surface area contributed by atoms with Gasteiger partial charge < -0.3 is 4.74 Å². The Morgan fingerprint density at radius 3 is 2.67 bits per heavy atom. The molecule has 0 aromatic heterocycles. The molecule has 2 heteroatoms. The van der Waals surface area contributed by atoms with Crippen LogP contribution in [0.4, 0.5) is 0 Å². The lowest BCUT2D eigenvalue weighted by atomic mass is 9.70. The minimum atomic E-state index is -0.537. The Bertz CT molecular complexity index is 485. The predicted molar refractivity (Wildman–Crippen MR) is 72.9 cm³/mol. The van der Waals surface area contributed by atoms with Gasteiger partial charge in [-0.2, -0.15) is 0 Å². The molecule has 1 aliphatic carbocycles. The Morgan fingerprint density at radius 1 is 1.33 bits per heavy atom. The van der Waals surface area contributed by atoms with Gasteiger partial charge in [-0.1, -0.05) is 55.5 Å². The van der Waals surface area contributed by atoms with Gasteiger partial charge >= 0.3 is 5.97 Å². The Labute approximate surface area is 108 Å². The van der Waals surface area contributed by atoms with Gasteiger partial charge in [-0.3, -0.25) is 4.79 Å². The van der Waals surface area contributed by atoms with Gasteiger partial charge in [-0.05, 0) is 24.0 Å². The van der Waals surface area contributed by atoms with Gasteiger partial charge in [0, 0.05) is 0 Å². The SMILES string of the molecule is CCC1(C(=O)OC)CC=CC=C1c1ccccc1. The van der Waals surface area contributed by atoms with Crippen molar-refractivity contribution >= 4 is 11.5 Å². The molecule has 0 radical (unpaired) electrons. The fourth-order valence-electron chi connectivity index (χ4n) is 2.56. The van der Waals surface area contributed by atoms with E-state index in [-0.39, 0.29) is 5.97 Å². The maximum Gasteiger partial charge on any atom is 0.316 e. The monoisotopic (exact) mass is 242 g/mol. The van der Waals surface area contributed by atoms with Crippen LogP contribution >= 0.6 is 0 Å². The molecule has 1 atom stereocenters. The fraction of sp³-hybridized carbons (Fsp3) is 0.312. The summed E-state index contributed by atoms with van der Waals surface area (Å²) in [7, 11) is 1.46. The Balaban J connectivity index is 2.51. The van der Waals surface area contributed by atoms with Crippen LogP contribution in [0.25, 0.3) is 5.57 Å². The molecule has 0 saturated carbocycles. The molecule has 0 saturated heterocycles. The number of carbonyl (C=O) groups excluding carboxylic acids is 1. The lowest BCUT2D eigenvalue weighted by molar-refractivity contribution is -0.149. The Hall–Kier alpha value is -1.83. The Kier molecular flexibility index (Phi) is 3.66. The maximum atomic E-state index is 12.2. The molecule has 18 heavy (non-hydrogen) atoms. The van der Waals surface area contributed by atoms with E-state index in [0.717, 1.165) is 17.6 Å². The summed E-state index contributed by atoms with van der Waals surface area (Å²) in [5, 5.41) is 0. The third-order valence-corrected chi connectivity index (χ3v) is 3.65. The molecular formula is C16H18O2. The van der Waals surface area contributed by atoms with E-state index in [1.807, 2.05) is 55.5 Å². The second-order valence-electron chi connectivity index (χ2n) is 4.51. The van der Waals surface area contributed by atoms with Crippen molar-refractivity contribution in [2.45, 2.75) is 19.8 Å². The molecule has 1 unspecified atom stereocenters. The highest BCUT2D eigenvalue weighted by atomic mass is 16.5. The standard InChI is InChI=1S/C16H18O2/c1-3-16(15(17)18-2)12-8-7-11-14(16)13-9-5-4-6-10-13/h4-11H,3,12H2,1-2H3. The largest absolute Gasteiger partial charge is 0.468 e. The van der Waals surface area contributed by atoms with Crippen molar-refractivity contribution in [1.29, 1.82) is 0 Å². The summed E-state index contributed by atoms with van der Waals surface area (Å²) in [5.74, 6) is -0.149. The summed E-state index contributed by atoms with van der Waals surface area (Å²) in [6, 6.07) is 10.0. The van der Waals surface area contributed by atoms with Gasteiger partial charge in [0.05, 0.1) is 12.5 Å². The van der Waals surface area contributed by atoms with Crippen molar-refractivity contribution in [1.82, 2.24) is 0 Å². The van der Waals surface area contributed by atoms with Gasteiger partial charge in [0.15, 0.2) is 0 Å². The summed E-state index contributed by atoms with van der Waals surface area (Å²) in [6.45, 7) is 2.03. The minimum Gasteiger partial charge on any atom is -0.468 e. The van der Waals surface area contributed by atoms with Crippen molar-refractivity contribution in [3.8, 4) is 0 Å². The van der Waals surface area contributed by atoms with Crippen LogP contribution < -0.4 is 0 Å². The first-order valence-corrected chi connectivity index (χ1v) is 6.25. The van der Waals surface area contributed by atoms with E-state index in [4.69, 9.17) is 4.74 Å². The Morgan fingerprint density at radius 2 is 2.06 bits per heavy atom. The van der Waals surface area contributed by atoms with Crippen LogP contribution in [0, 0.1) is 5.41 Å². The number of hydrogen-bond acceptors (Lipinski definition) is 2. The second-order valence-corrected chi connectivity index (χ2v) is 4.51. The summed E-state index contributed by atoms with van der Waals surface area (Å²) in [4.78, 5) is 12.2. The summed E-state index contributed by atoms with van der Waals surface area (Å²) in [5.41, 5.74) is 1.61. The molecule has 2 nitrogen and oxygen atoms in total. The van der Waals surface area contributed by atoms with Crippen LogP contribution in [0.3, 0.4) is 0 Å². The van der Waals surface area contributed by atoms with Crippen LogP contribution in [0.15, 0.2) is 48.6 Å². The van der Waals surface area contributed by atoms with Crippen LogP contribution in [0.1, 0.15) is 25.3 Å². The fourth-order valence-corrected chi connectivity index (χ4v) is 2.56. The van der Waals surface area contributed by atoms with Gasteiger partial charge in [-0.25, -0.2) is 0 Å². The van der Waals surface area contributed by atoms with Gasteiger partial charge in [0.25, 0.3) is 0 Å². The third-order valence-electron chi connectivity index (χ3n) is 3.65. The van der Waals surface area contributed by atoms with Crippen molar-refractivity contribution in [3.05, 3.63) is 54.1 Å². The zero-order valence-electron chi connectivity index (χ0n) is 10.8. The first kappa shape index (κ1) is 12.6. The van der Waals surface area contributed by atoms with Crippen LogP contribution in [-0.4, -0.2) is 13.1 Å². The zero-order chi connectivity index (χ0) is 13.0. The lowest BCUT2D eigenvalue weighted by Crippen LogP contribution is -2.33. The van der Waals surface area contributed by atoms with E-state index in [1.54, 1.807) is 0 Å². The number of ether oxygens (including phenoxy) is 1. The quantitative estimate of drug-likeness (QED) is 0.757. The van der Waals surface area contributed by atoms with E-state index >= 15 is 0 Å². The number of benzene rings is 1. The molecule has 0 spiro atoms. The van der Waals surface area contributed by atoms with E-state index in [9.17, 15) is 4.79 Å². The number of carbonyl (C=O) groups is 1. The van der Waals surface area contributed by atoms with E-state index < -0.39 is 5.41 Å². The van der Waals surface area contributed by atoms with Crippen LogP contribution in [0.2, 0.25) is 0 Å². The molecule has 0 fully saturated rings. The molecule has 1 aliphatic rings. The molecule has 0 aliphatic heterocycles. The van der Waals surface area contributed by atoms with Crippen molar-refractivity contribution < 1.29 is 9.53 Å². The zero-order valence-corrected chi connectivity index (χ0v) is 10.8. The van der Waals surface area contributed by atoms with E-state index in [2.05, 4.69) is 0 Å². The number of allylic oxidation sites excluding steroid dienone is 3. The maximum absolute atomic E-state index is 12.2. The molecule has 0 N–H and O–H groups in total. The van der Waals surface area contributed by atoms with Gasteiger partial charge in [-0.15, -0.1) is 0 Å². The van der Waals surface area contributed by atoms with Crippen molar-refractivity contribution in [3.63, 3.8) is 0 Å². The summed E-state index contributed by atoms with van der Waals surface area (Å²) in [6.07, 6.45) is 7.52. The highest BCUT2D eigenvalue weighted by molar-refractivity contribution is 5.94. The van der Waals surface area contributed by atoms with Crippen molar-refractivity contribution in [2.75, 3.05) is 7.11 Å². The number of rotatable bonds is 3. The molecule has 0 heterocycles. The van der Waals surface area contributed by atoms with E-state index in [1.165, 1.54) is 7.11 Å². The van der Waals surface area contributed by atoms with Crippen LogP contribution in [-0.2, 0) is 9.53 Å². The average molecular weight is 242 g/mol. The van der Waals surface area contributed by atoms with Crippen molar-refractivity contribution in [2.24, 2.45) is 5.41 Å². The lowest BCUT2D eigenvalue weighted by Gasteiger charge is -2.33. The van der Waals surface area contributed by atoms with Gasteiger partial charge in [0.1, 0.15) is 0 Å². The molecule has 0 bridgehead atoms. The minimum absolute atomic E-state index is 0.149. The molecular weight excluding hydrogens is 224 g/mol. The highest BCUT2D eigenvalue weighted by Gasteiger charge is 2.41. The average Bonchev–Trinajstić information content (AvgIpc) is 2.47. The normalized spacial score (nSPS) is 22.4. The topological polar surface area (TPSA) is 26.3 Å².